The van der Waals surface area contributed by atoms with Crippen LogP contribution in [0, 0.1) is 12.7 Å². The minimum absolute atomic E-state index is 0.241. The Kier molecular flexibility index (Phi) is 1.31. The maximum absolute atomic E-state index is 12.9. The van der Waals surface area contributed by atoms with Gasteiger partial charge in [-0.15, -0.1) is 0 Å². The normalized spacial score (nSPS) is 14.4. The molecule has 0 atom stereocenters. The van der Waals surface area contributed by atoms with Crippen LogP contribution in [-0.4, -0.2) is 11.6 Å². The molecule has 2 nitrogen and oxygen atoms in total. The first-order valence-electron chi connectivity index (χ1n) is 3.56. The zero-order chi connectivity index (χ0) is 7.84. The van der Waals surface area contributed by atoms with Crippen molar-refractivity contribution in [3.05, 3.63) is 23.1 Å². The topological polar surface area (TPSA) is 22.1 Å². The van der Waals surface area contributed by atoms with Gasteiger partial charge in [-0.2, -0.15) is 0 Å². The Labute approximate surface area is 64.0 Å². The van der Waals surface area contributed by atoms with Gasteiger partial charge in [0.1, 0.15) is 5.82 Å². The molecule has 0 unspecified atom stereocenters. The Hall–Kier alpha value is -1.12. The number of pyridine rings is 1. The molecular formula is C8H8FNO. The zero-order valence-electron chi connectivity index (χ0n) is 6.22. The van der Waals surface area contributed by atoms with Gasteiger partial charge in [0.2, 0.25) is 5.88 Å². The summed E-state index contributed by atoms with van der Waals surface area (Å²) in [4.78, 5) is 3.96. The van der Waals surface area contributed by atoms with Crippen molar-refractivity contribution in [3.8, 4) is 5.88 Å². The highest BCUT2D eigenvalue weighted by Crippen LogP contribution is 2.23. The van der Waals surface area contributed by atoms with Gasteiger partial charge in [0.05, 0.1) is 12.3 Å². The van der Waals surface area contributed by atoms with Crippen LogP contribution in [0.2, 0.25) is 0 Å². The monoisotopic (exact) mass is 153 g/mol. The van der Waals surface area contributed by atoms with Crippen molar-refractivity contribution in [2.24, 2.45) is 0 Å². The second-order valence-corrected chi connectivity index (χ2v) is 2.62. The Morgan fingerprint density at radius 1 is 1.64 bits per heavy atom. The number of hydrogen-bond acceptors (Lipinski definition) is 2. The smallest absolute Gasteiger partial charge is 0.217 e. The molecule has 1 aliphatic rings. The van der Waals surface area contributed by atoms with Crippen molar-refractivity contribution in [1.29, 1.82) is 0 Å². The van der Waals surface area contributed by atoms with E-state index < -0.39 is 0 Å². The average Bonchev–Trinajstić information content (AvgIpc) is 2.36. The van der Waals surface area contributed by atoms with Gasteiger partial charge in [0.15, 0.2) is 0 Å². The number of hydrogen-bond donors (Lipinski definition) is 0. The van der Waals surface area contributed by atoms with Crippen LogP contribution in [0.15, 0.2) is 6.07 Å². The second kappa shape index (κ2) is 2.19. The molecule has 1 aliphatic heterocycles. The van der Waals surface area contributed by atoms with E-state index in [1.807, 2.05) is 0 Å². The lowest BCUT2D eigenvalue weighted by molar-refractivity contribution is 0.343. The second-order valence-electron chi connectivity index (χ2n) is 2.62. The summed E-state index contributed by atoms with van der Waals surface area (Å²) in [7, 11) is 0. The lowest BCUT2D eigenvalue weighted by Gasteiger charge is -1.99. The lowest BCUT2D eigenvalue weighted by atomic mass is 10.2. The van der Waals surface area contributed by atoms with Crippen molar-refractivity contribution in [2.75, 3.05) is 6.61 Å². The SMILES string of the molecule is Cc1nc2c(cc1F)CCO2. The van der Waals surface area contributed by atoms with Crippen LogP contribution in [0.3, 0.4) is 0 Å². The molecule has 0 N–H and O–H groups in total. The Balaban J connectivity index is 2.57. The number of aromatic nitrogens is 1. The highest BCUT2D eigenvalue weighted by atomic mass is 19.1. The molecule has 3 heteroatoms. The molecule has 0 aliphatic carbocycles. The van der Waals surface area contributed by atoms with Gasteiger partial charge in [-0.3, -0.25) is 0 Å². The molecule has 58 valence electrons. The number of fused-ring (bicyclic) bond motifs is 1. The quantitative estimate of drug-likeness (QED) is 0.563. The molecule has 0 aromatic carbocycles. The number of ether oxygens (including phenoxy) is 1. The predicted octanol–water partition coefficient (Wildman–Crippen LogP) is 1.46. The van der Waals surface area contributed by atoms with Crippen molar-refractivity contribution < 1.29 is 9.13 Å². The minimum Gasteiger partial charge on any atom is -0.477 e. The van der Waals surface area contributed by atoms with Gasteiger partial charge in [-0.05, 0) is 13.0 Å². The fourth-order valence-corrected chi connectivity index (χ4v) is 1.16. The largest absolute Gasteiger partial charge is 0.477 e. The standard InChI is InChI=1S/C8H8FNO/c1-5-7(9)4-6-2-3-11-8(6)10-5/h4H,2-3H2,1H3. The molecule has 0 amide bonds. The van der Waals surface area contributed by atoms with E-state index in [0.717, 1.165) is 12.0 Å². The molecular weight excluding hydrogens is 145 g/mol. The molecule has 0 fully saturated rings. The summed E-state index contributed by atoms with van der Waals surface area (Å²) >= 11 is 0. The number of rotatable bonds is 0. The van der Waals surface area contributed by atoms with Crippen LogP contribution >= 0.6 is 0 Å². The molecule has 0 saturated carbocycles. The summed E-state index contributed by atoms with van der Waals surface area (Å²) in [6.45, 7) is 2.27. The maximum atomic E-state index is 12.9. The summed E-state index contributed by atoms with van der Waals surface area (Å²) in [6, 6.07) is 1.50. The Morgan fingerprint density at radius 2 is 2.45 bits per heavy atom. The van der Waals surface area contributed by atoms with Crippen LogP contribution in [0.25, 0.3) is 0 Å². The van der Waals surface area contributed by atoms with E-state index in [-0.39, 0.29) is 5.82 Å². The third-order valence-corrected chi connectivity index (χ3v) is 1.80. The van der Waals surface area contributed by atoms with E-state index in [9.17, 15) is 4.39 Å². The van der Waals surface area contributed by atoms with Crippen molar-refractivity contribution in [3.63, 3.8) is 0 Å². The third-order valence-electron chi connectivity index (χ3n) is 1.80. The van der Waals surface area contributed by atoms with Crippen LogP contribution in [0.5, 0.6) is 5.88 Å². The summed E-state index contributed by atoms with van der Waals surface area (Å²) in [5.41, 5.74) is 1.29. The molecule has 2 heterocycles. The van der Waals surface area contributed by atoms with Gasteiger partial charge >= 0.3 is 0 Å². The zero-order valence-corrected chi connectivity index (χ0v) is 6.22. The number of aryl methyl sites for hydroxylation is 1. The fraction of sp³-hybridized carbons (Fsp3) is 0.375. The van der Waals surface area contributed by atoms with Crippen molar-refractivity contribution >= 4 is 0 Å². The van der Waals surface area contributed by atoms with E-state index in [1.54, 1.807) is 6.92 Å². The molecule has 11 heavy (non-hydrogen) atoms. The van der Waals surface area contributed by atoms with Crippen LogP contribution in [0.1, 0.15) is 11.3 Å². The summed E-state index contributed by atoms with van der Waals surface area (Å²) < 4.78 is 18.0. The number of halogens is 1. The van der Waals surface area contributed by atoms with Crippen molar-refractivity contribution in [2.45, 2.75) is 13.3 Å². The fourth-order valence-electron chi connectivity index (χ4n) is 1.16. The summed E-state index contributed by atoms with van der Waals surface area (Å²) in [6.07, 6.45) is 0.777. The molecule has 0 spiro atoms. The van der Waals surface area contributed by atoms with Crippen LogP contribution in [0.4, 0.5) is 4.39 Å². The van der Waals surface area contributed by atoms with E-state index in [0.29, 0.717) is 18.2 Å². The molecule has 0 radical (unpaired) electrons. The molecule has 0 saturated heterocycles. The van der Waals surface area contributed by atoms with Gasteiger partial charge in [0, 0.05) is 12.0 Å². The van der Waals surface area contributed by atoms with Gasteiger partial charge < -0.3 is 4.74 Å². The summed E-state index contributed by atoms with van der Waals surface area (Å²) in [5, 5.41) is 0. The Bertz CT molecular complexity index is 269. The van der Waals surface area contributed by atoms with E-state index in [2.05, 4.69) is 4.98 Å². The minimum atomic E-state index is -0.241. The van der Waals surface area contributed by atoms with Gasteiger partial charge in [-0.25, -0.2) is 9.37 Å². The molecule has 2 rings (SSSR count). The highest BCUT2D eigenvalue weighted by Gasteiger charge is 2.15. The van der Waals surface area contributed by atoms with Crippen LogP contribution < -0.4 is 4.74 Å². The Morgan fingerprint density at radius 3 is 3.27 bits per heavy atom. The predicted molar refractivity (Wildman–Crippen MR) is 38.1 cm³/mol. The van der Waals surface area contributed by atoms with Crippen molar-refractivity contribution in [1.82, 2.24) is 4.98 Å². The van der Waals surface area contributed by atoms with E-state index >= 15 is 0 Å². The van der Waals surface area contributed by atoms with Crippen LogP contribution in [-0.2, 0) is 6.42 Å². The molecule has 1 aromatic heterocycles. The summed E-state index contributed by atoms with van der Waals surface area (Å²) in [5.74, 6) is 0.359. The maximum Gasteiger partial charge on any atom is 0.217 e. The molecule has 1 aromatic rings. The first kappa shape index (κ1) is 6.58. The van der Waals surface area contributed by atoms with E-state index in [4.69, 9.17) is 4.74 Å². The highest BCUT2D eigenvalue weighted by molar-refractivity contribution is 5.31. The third kappa shape index (κ3) is 0.964. The molecule has 0 bridgehead atoms. The first-order valence-corrected chi connectivity index (χ1v) is 3.56. The first-order chi connectivity index (χ1) is 5.27. The van der Waals surface area contributed by atoms with E-state index in [1.165, 1.54) is 6.07 Å². The number of nitrogens with zero attached hydrogens (tertiary/aromatic N) is 1. The van der Waals surface area contributed by atoms with Gasteiger partial charge in [-0.1, -0.05) is 0 Å². The average molecular weight is 153 g/mol. The van der Waals surface area contributed by atoms with Gasteiger partial charge in [0.25, 0.3) is 0 Å². The lowest BCUT2D eigenvalue weighted by Crippen LogP contribution is -1.91.